The lowest BCUT2D eigenvalue weighted by Gasteiger charge is -2.28. The molecule has 0 saturated carbocycles. The molecule has 0 saturated heterocycles. The molecule has 3 rings (SSSR count). The number of carbonyl (C=O) groups excluding carboxylic acids is 1. The van der Waals surface area contributed by atoms with Gasteiger partial charge in [-0.25, -0.2) is 0 Å². The normalized spacial score (nSPS) is 14.0. The number of hydrogen-bond donors (Lipinski definition) is 1. The van der Waals surface area contributed by atoms with Crippen LogP contribution >= 0.6 is 23.2 Å². The number of rotatable bonds is 5. The Labute approximate surface area is 157 Å². The summed E-state index contributed by atoms with van der Waals surface area (Å²) in [5, 5.41) is 3.62. The number of fused-ring (bicyclic) bond motifs is 1. The Morgan fingerprint density at radius 1 is 1.24 bits per heavy atom. The summed E-state index contributed by atoms with van der Waals surface area (Å²) in [7, 11) is 0. The number of amides is 1. The molecule has 0 spiro atoms. The molecule has 25 heavy (non-hydrogen) atoms. The number of ether oxygens (including phenoxy) is 1. The second-order valence-electron chi connectivity index (χ2n) is 5.97. The highest BCUT2D eigenvalue weighted by Crippen LogP contribution is 2.29. The molecule has 132 valence electrons. The Bertz CT molecular complexity index is 780. The fourth-order valence-electron chi connectivity index (χ4n) is 2.98. The molecule has 4 nitrogen and oxygen atoms in total. The Hall–Kier alpha value is -1.75. The Morgan fingerprint density at radius 2 is 2.08 bits per heavy atom. The van der Waals surface area contributed by atoms with Crippen molar-refractivity contribution in [2.75, 3.05) is 25.0 Å². The van der Waals surface area contributed by atoms with Gasteiger partial charge in [0.2, 0.25) is 5.91 Å². The predicted molar refractivity (Wildman–Crippen MR) is 102 cm³/mol. The van der Waals surface area contributed by atoms with Gasteiger partial charge in [0.05, 0.1) is 28.9 Å². The van der Waals surface area contributed by atoms with Gasteiger partial charge in [-0.3, -0.25) is 9.69 Å². The molecule has 1 amide bonds. The van der Waals surface area contributed by atoms with Crippen LogP contribution in [0.1, 0.15) is 18.1 Å². The zero-order valence-corrected chi connectivity index (χ0v) is 15.5. The molecule has 6 heteroatoms. The van der Waals surface area contributed by atoms with Gasteiger partial charge in [0.15, 0.2) is 0 Å². The Kier molecular flexibility index (Phi) is 5.84. The molecule has 0 atom stereocenters. The lowest BCUT2D eigenvalue weighted by Crippen LogP contribution is -2.37. The van der Waals surface area contributed by atoms with E-state index in [-0.39, 0.29) is 5.91 Å². The number of hydrogen-bond acceptors (Lipinski definition) is 3. The van der Waals surface area contributed by atoms with Crippen LogP contribution in [0, 0.1) is 0 Å². The number of anilines is 1. The van der Waals surface area contributed by atoms with Gasteiger partial charge in [-0.1, -0.05) is 35.3 Å². The van der Waals surface area contributed by atoms with E-state index in [4.69, 9.17) is 27.9 Å². The van der Waals surface area contributed by atoms with Crippen LogP contribution in [0.2, 0.25) is 10.0 Å². The van der Waals surface area contributed by atoms with Gasteiger partial charge in [-0.15, -0.1) is 0 Å². The zero-order valence-electron chi connectivity index (χ0n) is 14.0. The lowest BCUT2D eigenvalue weighted by atomic mass is 9.99. The minimum absolute atomic E-state index is 0.103. The summed E-state index contributed by atoms with van der Waals surface area (Å²) in [4.78, 5) is 14.5. The first kappa shape index (κ1) is 18.1. The van der Waals surface area contributed by atoms with Crippen molar-refractivity contribution in [2.24, 2.45) is 0 Å². The first-order valence-electron chi connectivity index (χ1n) is 8.27. The van der Waals surface area contributed by atoms with Crippen LogP contribution in [0.3, 0.4) is 0 Å². The quantitative estimate of drug-likeness (QED) is 0.838. The molecule has 1 aliphatic heterocycles. The van der Waals surface area contributed by atoms with Crippen molar-refractivity contribution in [1.82, 2.24) is 4.90 Å². The average molecular weight is 379 g/mol. The Balaban J connectivity index is 1.63. The van der Waals surface area contributed by atoms with Crippen LogP contribution in [-0.2, 0) is 17.8 Å². The third kappa shape index (κ3) is 4.46. The molecule has 1 heterocycles. The third-order valence-electron chi connectivity index (χ3n) is 4.17. The zero-order chi connectivity index (χ0) is 17.8. The molecule has 1 aliphatic rings. The van der Waals surface area contributed by atoms with E-state index in [1.54, 1.807) is 18.2 Å². The van der Waals surface area contributed by atoms with Crippen LogP contribution in [0.25, 0.3) is 0 Å². The summed E-state index contributed by atoms with van der Waals surface area (Å²) in [6.07, 6.45) is 0.924. The largest absolute Gasteiger partial charge is 0.494 e. The number of nitrogens with one attached hydrogen (secondary N) is 1. The highest BCUT2D eigenvalue weighted by atomic mass is 35.5. The molecule has 2 aromatic rings. The molecule has 0 radical (unpaired) electrons. The van der Waals surface area contributed by atoms with Crippen LogP contribution in [0.4, 0.5) is 5.69 Å². The second-order valence-corrected chi connectivity index (χ2v) is 6.76. The molecular weight excluding hydrogens is 359 g/mol. The topological polar surface area (TPSA) is 41.6 Å². The highest BCUT2D eigenvalue weighted by molar-refractivity contribution is 6.44. The molecule has 0 bridgehead atoms. The van der Waals surface area contributed by atoms with E-state index in [1.165, 1.54) is 11.1 Å². The van der Waals surface area contributed by atoms with Gasteiger partial charge < -0.3 is 10.1 Å². The Morgan fingerprint density at radius 3 is 2.88 bits per heavy atom. The summed E-state index contributed by atoms with van der Waals surface area (Å²) in [6, 6.07) is 11.4. The van der Waals surface area contributed by atoms with Crippen LogP contribution in [0.15, 0.2) is 36.4 Å². The smallest absolute Gasteiger partial charge is 0.238 e. The van der Waals surface area contributed by atoms with E-state index in [1.807, 2.05) is 13.0 Å². The minimum Gasteiger partial charge on any atom is -0.494 e. The first-order chi connectivity index (χ1) is 12.1. The highest BCUT2D eigenvalue weighted by Gasteiger charge is 2.19. The summed E-state index contributed by atoms with van der Waals surface area (Å²) in [5.41, 5.74) is 3.07. The van der Waals surface area contributed by atoms with E-state index >= 15 is 0 Å². The van der Waals surface area contributed by atoms with Crippen molar-refractivity contribution in [1.29, 1.82) is 0 Å². The molecule has 2 aromatic carbocycles. The van der Waals surface area contributed by atoms with Crippen molar-refractivity contribution in [3.63, 3.8) is 0 Å². The first-order valence-corrected chi connectivity index (χ1v) is 9.03. The van der Waals surface area contributed by atoms with E-state index in [9.17, 15) is 4.79 Å². The van der Waals surface area contributed by atoms with Crippen molar-refractivity contribution in [2.45, 2.75) is 19.9 Å². The summed E-state index contributed by atoms with van der Waals surface area (Å²) < 4.78 is 5.57. The van der Waals surface area contributed by atoms with E-state index in [2.05, 4.69) is 22.3 Å². The molecule has 0 aromatic heterocycles. The summed E-state index contributed by atoms with van der Waals surface area (Å²) in [5.74, 6) is 0.770. The summed E-state index contributed by atoms with van der Waals surface area (Å²) >= 11 is 12.1. The fraction of sp³-hybridized carbons (Fsp3) is 0.316. The van der Waals surface area contributed by atoms with Crippen molar-refractivity contribution in [3.05, 3.63) is 57.6 Å². The maximum absolute atomic E-state index is 12.3. The lowest BCUT2D eigenvalue weighted by molar-refractivity contribution is -0.117. The van der Waals surface area contributed by atoms with Gasteiger partial charge in [-0.05, 0) is 48.7 Å². The van der Waals surface area contributed by atoms with Crippen molar-refractivity contribution < 1.29 is 9.53 Å². The second kappa shape index (κ2) is 8.09. The van der Waals surface area contributed by atoms with Crippen molar-refractivity contribution >= 4 is 34.8 Å². The van der Waals surface area contributed by atoms with Gasteiger partial charge in [-0.2, -0.15) is 0 Å². The van der Waals surface area contributed by atoms with E-state index in [0.717, 1.165) is 25.3 Å². The van der Waals surface area contributed by atoms with Gasteiger partial charge >= 0.3 is 0 Å². The molecule has 0 unspecified atom stereocenters. The molecule has 0 aliphatic carbocycles. The van der Waals surface area contributed by atoms with E-state index in [0.29, 0.717) is 28.9 Å². The van der Waals surface area contributed by atoms with Crippen LogP contribution in [-0.4, -0.2) is 30.5 Å². The standard InChI is InChI=1S/C19H20Cl2N2O2/c1-2-25-15-7-6-13-8-9-23(11-14(13)10-15)12-18(24)22-17-5-3-4-16(20)19(17)21/h3-7,10H,2,8-9,11-12H2,1H3,(H,22,24). The SMILES string of the molecule is CCOc1ccc2c(c1)CN(CC(=O)Nc1cccc(Cl)c1Cl)CC2. The van der Waals surface area contributed by atoms with Crippen molar-refractivity contribution in [3.8, 4) is 5.75 Å². The monoisotopic (exact) mass is 378 g/mol. The van der Waals surface area contributed by atoms with Gasteiger partial charge in [0.25, 0.3) is 0 Å². The van der Waals surface area contributed by atoms with Crippen LogP contribution < -0.4 is 10.1 Å². The van der Waals surface area contributed by atoms with Crippen LogP contribution in [0.5, 0.6) is 5.75 Å². The number of nitrogens with zero attached hydrogens (tertiary/aromatic N) is 1. The van der Waals surface area contributed by atoms with Gasteiger partial charge in [0.1, 0.15) is 5.75 Å². The van der Waals surface area contributed by atoms with Gasteiger partial charge in [0, 0.05) is 13.1 Å². The minimum atomic E-state index is -0.103. The van der Waals surface area contributed by atoms with E-state index < -0.39 is 0 Å². The molecular formula is C19H20Cl2N2O2. The third-order valence-corrected chi connectivity index (χ3v) is 4.99. The fourth-order valence-corrected chi connectivity index (χ4v) is 3.32. The number of halogens is 2. The maximum atomic E-state index is 12.3. The summed E-state index contributed by atoms with van der Waals surface area (Å²) in [6.45, 7) is 4.49. The molecule has 0 fully saturated rings. The predicted octanol–water partition coefficient (Wildman–Crippen LogP) is 4.39. The maximum Gasteiger partial charge on any atom is 0.238 e. The number of carbonyl (C=O) groups is 1. The number of benzene rings is 2. The molecule has 1 N–H and O–H groups in total. The average Bonchev–Trinajstić information content (AvgIpc) is 2.59.